The first-order valence-corrected chi connectivity index (χ1v) is 6.96. The van der Waals surface area contributed by atoms with E-state index in [1.165, 1.54) is 12.0 Å². The molecule has 0 unspecified atom stereocenters. The minimum Gasteiger partial charge on any atom is -0.385 e. The van der Waals surface area contributed by atoms with Gasteiger partial charge in [0.2, 0.25) is 0 Å². The van der Waals surface area contributed by atoms with Gasteiger partial charge < -0.3 is 10.0 Å². The van der Waals surface area contributed by atoms with Crippen LogP contribution in [0.25, 0.3) is 0 Å². The highest BCUT2D eigenvalue weighted by Gasteiger charge is 2.40. The highest BCUT2D eigenvalue weighted by Crippen LogP contribution is 2.42. The minimum absolute atomic E-state index is 0.350. The van der Waals surface area contributed by atoms with Gasteiger partial charge in [0, 0.05) is 12.5 Å². The maximum absolute atomic E-state index is 11.1. The van der Waals surface area contributed by atoms with Crippen molar-refractivity contribution in [3.8, 4) is 0 Å². The molecule has 1 aliphatic carbocycles. The number of aryl methyl sites for hydroxylation is 1. The second-order valence-corrected chi connectivity index (χ2v) is 6.00. The second kappa shape index (κ2) is 5.41. The second-order valence-electron chi connectivity index (χ2n) is 6.00. The van der Waals surface area contributed by atoms with Crippen LogP contribution in [-0.2, 0) is 5.60 Å². The molecule has 0 aliphatic heterocycles. The van der Waals surface area contributed by atoms with Gasteiger partial charge in [-0.25, -0.2) is 0 Å². The van der Waals surface area contributed by atoms with Gasteiger partial charge in [0.25, 0.3) is 0 Å². The summed E-state index contributed by atoms with van der Waals surface area (Å²) in [6, 6.07) is 8.38. The quantitative estimate of drug-likeness (QED) is 0.887. The van der Waals surface area contributed by atoms with Crippen LogP contribution in [-0.4, -0.2) is 30.6 Å². The van der Waals surface area contributed by atoms with Gasteiger partial charge in [-0.3, -0.25) is 0 Å². The lowest BCUT2D eigenvalue weighted by Gasteiger charge is -2.41. The molecule has 1 aliphatic rings. The van der Waals surface area contributed by atoms with Crippen LogP contribution >= 0.6 is 0 Å². The van der Waals surface area contributed by atoms with Gasteiger partial charge in [0.15, 0.2) is 0 Å². The predicted molar refractivity (Wildman–Crippen MR) is 75.6 cm³/mol. The highest BCUT2D eigenvalue weighted by atomic mass is 16.3. The van der Waals surface area contributed by atoms with Crippen LogP contribution in [0.3, 0.4) is 0 Å². The molecule has 18 heavy (non-hydrogen) atoms. The Balaban J connectivity index is 2.29. The van der Waals surface area contributed by atoms with Gasteiger partial charge in [-0.1, -0.05) is 42.7 Å². The summed E-state index contributed by atoms with van der Waals surface area (Å²) in [5.41, 5.74) is 1.71. The molecule has 0 amide bonds. The van der Waals surface area contributed by atoms with E-state index in [0.29, 0.717) is 5.92 Å². The van der Waals surface area contributed by atoms with Crippen molar-refractivity contribution in [1.82, 2.24) is 4.90 Å². The molecule has 1 fully saturated rings. The van der Waals surface area contributed by atoms with Crippen LogP contribution in [0.15, 0.2) is 24.3 Å². The number of benzene rings is 1. The third-order valence-corrected chi connectivity index (χ3v) is 4.14. The van der Waals surface area contributed by atoms with Gasteiger partial charge >= 0.3 is 0 Å². The number of nitrogens with zero attached hydrogens (tertiary/aromatic N) is 1. The molecule has 1 N–H and O–H groups in total. The predicted octanol–water partition coefficient (Wildman–Crippen LogP) is 2.93. The number of hydrogen-bond acceptors (Lipinski definition) is 2. The van der Waals surface area contributed by atoms with Crippen LogP contribution in [0.4, 0.5) is 0 Å². The van der Waals surface area contributed by atoms with E-state index < -0.39 is 5.60 Å². The van der Waals surface area contributed by atoms with Gasteiger partial charge in [0.05, 0.1) is 5.60 Å². The standard InChI is InChI=1S/C16H25NO/c1-13-7-6-9-14(11-13)16(18)10-5-4-8-15(16)12-17(2)3/h6-7,9,11,15,18H,4-5,8,10,12H2,1-3H3/t15-,16+/m0/s1. The van der Waals surface area contributed by atoms with Gasteiger partial charge in [-0.15, -0.1) is 0 Å². The third kappa shape index (κ3) is 2.76. The zero-order valence-electron chi connectivity index (χ0n) is 11.8. The van der Waals surface area contributed by atoms with Gasteiger partial charge in [-0.2, -0.15) is 0 Å². The fourth-order valence-electron chi connectivity index (χ4n) is 3.21. The average molecular weight is 247 g/mol. The highest BCUT2D eigenvalue weighted by molar-refractivity contribution is 5.28. The van der Waals surface area contributed by atoms with Crippen LogP contribution in [0.5, 0.6) is 0 Å². The molecule has 0 spiro atoms. The lowest BCUT2D eigenvalue weighted by atomic mass is 9.71. The van der Waals surface area contributed by atoms with Crippen molar-refractivity contribution in [2.75, 3.05) is 20.6 Å². The Kier molecular flexibility index (Phi) is 4.08. The average Bonchev–Trinajstić information content (AvgIpc) is 2.32. The summed E-state index contributed by atoms with van der Waals surface area (Å²) in [7, 11) is 4.18. The van der Waals surface area contributed by atoms with Crippen molar-refractivity contribution in [2.45, 2.75) is 38.2 Å². The van der Waals surface area contributed by atoms with E-state index in [9.17, 15) is 5.11 Å². The smallest absolute Gasteiger partial charge is 0.0936 e. The van der Waals surface area contributed by atoms with E-state index in [1.54, 1.807) is 0 Å². The number of aliphatic hydroxyl groups is 1. The van der Waals surface area contributed by atoms with Crippen LogP contribution in [0.1, 0.15) is 36.8 Å². The number of rotatable bonds is 3. The first-order chi connectivity index (χ1) is 8.52. The van der Waals surface area contributed by atoms with Crippen molar-refractivity contribution in [3.63, 3.8) is 0 Å². The maximum atomic E-state index is 11.1. The summed E-state index contributed by atoms with van der Waals surface area (Å²) in [6.45, 7) is 3.06. The van der Waals surface area contributed by atoms with E-state index in [2.05, 4.69) is 50.2 Å². The van der Waals surface area contributed by atoms with E-state index >= 15 is 0 Å². The van der Waals surface area contributed by atoms with Gasteiger partial charge in [-0.05, 0) is 39.4 Å². The molecule has 0 bridgehead atoms. The van der Waals surface area contributed by atoms with E-state index in [1.807, 2.05) is 0 Å². The molecule has 0 saturated heterocycles. The van der Waals surface area contributed by atoms with E-state index in [-0.39, 0.29) is 0 Å². The Morgan fingerprint density at radius 1 is 1.33 bits per heavy atom. The van der Waals surface area contributed by atoms with E-state index in [4.69, 9.17) is 0 Å². The molecule has 2 atom stereocenters. The van der Waals surface area contributed by atoms with Crippen molar-refractivity contribution < 1.29 is 5.11 Å². The van der Waals surface area contributed by atoms with Crippen LogP contribution in [0.2, 0.25) is 0 Å². The summed E-state index contributed by atoms with van der Waals surface area (Å²) in [5, 5.41) is 11.1. The molecule has 0 heterocycles. The first kappa shape index (κ1) is 13.6. The third-order valence-electron chi connectivity index (χ3n) is 4.14. The summed E-state index contributed by atoms with van der Waals surface area (Å²) in [6.07, 6.45) is 4.40. The normalized spacial score (nSPS) is 28.6. The Labute approximate surface area is 111 Å². The van der Waals surface area contributed by atoms with Crippen LogP contribution in [0, 0.1) is 12.8 Å². The molecule has 0 radical (unpaired) electrons. The molecule has 1 aromatic rings. The zero-order chi connectivity index (χ0) is 13.2. The lowest BCUT2D eigenvalue weighted by molar-refractivity contribution is -0.0618. The molecular formula is C16H25NO. The largest absolute Gasteiger partial charge is 0.385 e. The minimum atomic E-state index is -0.630. The topological polar surface area (TPSA) is 23.5 Å². The number of hydrogen-bond donors (Lipinski definition) is 1. The Morgan fingerprint density at radius 2 is 2.11 bits per heavy atom. The van der Waals surface area contributed by atoms with Gasteiger partial charge in [0.1, 0.15) is 0 Å². The summed E-state index contributed by atoms with van der Waals surface area (Å²) < 4.78 is 0. The molecule has 2 rings (SSSR count). The Hall–Kier alpha value is -0.860. The first-order valence-electron chi connectivity index (χ1n) is 6.96. The monoisotopic (exact) mass is 247 g/mol. The van der Waals surface area contributed by atoms with Crippen molar-refractivity contribution in [3.05, 3.63) is 35.4 Å². The van der Waals surface area contributed by atoms with Crippen molar-refractivity contribution >= 4 is 0 Å². The molecule has 2 nitrogen and oxygen atoms in total. The molecule has 100 valence electrons. The molecule has 1 saturated carbocycles. The van der Waals surface area contributed by atoms with Crippen molar-refractivity contribution in [2.24, 2.45) is 5.92 Å². The molecular weight excluding hydrogens is 222 g/mol. The summed E-state index contributed by atoms with van der Waals surface area (Å²) in [4.78, 5) is 2.19. The zero-order valence-corrected chi connectivity index (χ0v) is 11.8. The maximum Gasteiger partial charge on any atom is 0.0936 e. The molecule has 1 aromatic carbocycles. The van der Waals surface area contributed by atoms with E-state index in [0.717, 1.165) is 31.4 Å². The molecule has 0 aromatic heterocycles. The van der Waals surface area contributed by atoms with Crippen molar-refractivity contribution in [1.29, 1.82) is 0 Å². The SMILES string of the molecule is Cc1cccc([C@]2(O)CCCC[C@H]2CN(C)C)c1. The van der Waals surface area contributed by atoms with Crippen LogP contribution < -0.4 is 0 Å². The lowest BCUT2D eigenvalue weighted by Crippen LogP contribution is -2.43. The fraction of sp³-hybridized carbons (Fsp3) is 0.625. The summed E-state index contributed by atoms with van der Waals surface area (Å²) >= 11 is 0. The Morgan fingerprint density at radius 3 is 2.78 bits per heavy atom. The summed E-state index contributed by atoms with van der Waals surface area (Å²) in [5.74, 6) is 0.350. The molecule has 2 heteroatoms. The fourth-order valence-corrected chi connectivity index (χ4v) is 3.21. The Bertz CT molecular complexity index is 402.